The number of hydrogen-bond donors (Lipinski definition) is 2. The highest BCUT2D eigenvalue weighted by Gasteiger charge is 2.33. The number of benzene rings is 1. The number of piperidine rings is 1. The van der Waals surface area contributed by atoms with Gasteiger partial charge in [0.1, 0.15) is 0 Å². The van der Waals surface area contributed by atoms with Crippen molar-refractivity contribution in [1.82, 2.24) is 10.2 Å². The number of para-hydroxylation sites is 1. The number of nitrogens with one attached hydrogen (secondary N) is 2. The molecular formula is C20H29N3O4. The minimum absolute atomic E-state index is 0.00490. The number of amides is 3. The largest absolute Gasteiger partial charge is 0.452 e. The molecule has 3 amide bonds. The third-order valence-corrected chi connectivity index (χ3v) is 4.75. The van der Waals surface area contributed by atoms with E-state index in [0.29, 0.717) is 5.69 Å². The van der Waals surface area contributed by atoms with E-state index in [1.54, 1.807) is 19.1 Å². The number of carbonyl (C=O) groups is 3. The van der Waals surface area contributed by atoms with Crippen LogP contribution in [0.4, 0.5) is 10.5 Å². The van der Waals surface area contributed by atoms with E-state index in [0.717, 1.165) is 19.3 Å². The molecule has 7 nitrogen and oxygen atoms in total. The van der Waals surface area contributed by atoms with Gasteiger partial charge < -0.3 is 20.3 Å². The molecule has 2 N–H and O–H groups in total. The fourth-order valence-corrected chi connectivity index (χ4v) is 3.35. The zero-order valence-corrected chi connectivity index (χ0v) is 16.2. The van der Waals surface area contributed by atoms with Gasteiger partial charge in [0.05, 0.1) is 6.42 Å². The van der Waals surface area contributed by atoms with Crippen molar-refractivity contribution in [3.63, 3.8) is 0 Å². The lowest BCUT2D eigenvalue weighted by atomic mass is 9.97. The summed E-state index contributed by atoms with van der Waals surface area (Å²) >= 11 is 0. The van der Waals surface area contributed by atoms with Crippen LogP contribution >= 0.6 is 0 Å². The molecule has 148 valence electrons. The number of carbonyl (C=O) groups excluding carboxylic acids is 3. The summed E-state index contributed by atoms with van der Waals surface area (Å²) in [4.78, 5) is 38.2. The van der Waals surface area contributed by atoms with E-state index in [2.05, 4.69) is 10.6 Å². The van der Waals surface area contributed by atoms with Crippen LogP contribution in [-0.2, 0) is 14.3 Å². The summed E-state index contributed by atoms with van der Waals surface area (Å²) in [6, 6.07) is 8.94. The zero-order valence-electron chi connectivity index (χ0n) is 16.2. The SMILES string of the molecule is C[C@H](OC(=O)CCNC(=O)Nc1ccccc1)C(=O)N1[C@H](C)CCC[C@H]1C. The van der Waals surface area contributed by atoms with Gasteiger partial charge >= 0.3 is 12.0 Å². The summed E-state index contributed by atoms with van der Waals surface area (Å²) in [7, 11) is 0. The number of anilines is 1. The Morgan fingerprint density at radius 2 is 1.78 bits per heavy atom. The summed E-state index contributed by atoms with van der Waals surface area (Å²) in [5.74, 6) is -0.661. The molecular weight excluding hydrogens is 346 g/mol. The lowest BCUT2D eigenvalue weighted by Crippen LogP contribution is -2.51. The Bertz CT molecular complexity index is 640. The van der Waals surface area contributed by atoms with E-state index < -0.39 is 18.1 Å². The molecule has 1 aromatic carbocycles. The van der Waals surface area contributed by atoms with E-state index in [-0.39, 0.29) is 31.0 Å². The predicted octanol–water partition coefficient (Wildman–Crippen LogP) is 2.92. The lowest BCUT2D eigenvalue weighted by Gasteiger charge is -2.40. The number of esters is 1. The number of hydrogen-bond acceptors (Lipinski definition) is 4. The molecule has 27 heavy (non-hydrogen) atoms. The highest BCUT2D eigenvalue weighted by molar-refractivity contribution is 5.89. The minimum Gasteiger partial charge on any atom is -0.452 e. The van der Waals surface area contributed by atoms with Gasteiger partial charge in [-0.25, -0.2) is 4.79 Å². The zero-order chi connectivity index (χ0) is 19.8. The van der Waals surface area contributed by atoms with Gasteiger partial charge in [-0.2, -0.15) is 0 Å². The van der Waals surface area contributed by atoms with Gasteiger partial charge in [-0.1, -0.05) is 18.2 Å². The monoisotopic (exact) mass is 375 g/mol. The minimum atomic E-state index is -0.821. The van der Waals surface area contributed by atoms with Gasteiger partial charge in [0, 0.05) is 24.3 Å². The van der Waals surface area contributed by atoms with Crippen molar-refractivity contribution in [2.24, 2.45) is 0 Å². The van der Waals surface area contributed by atoms with Crippen LogP contribution < -0.4 is 10.6 Å². The molecule has 1 heterocycles. The molecule has 1 aliphatic rings. The van der Waals surface area contributed by atoms with Gasteiger partial charge in [-0.3, -0.25) is 9.59 Å². The fourth-order valence-electron chi connectivity index (χ4n) is 3.35. The predicted molar refractivity (Wildman–Crippen MR) is 103 cm³/mol. The van der Waals surface area contributed by atoms with E-state index in [9.17, 15) is 14.4 Å². The molecule has 0 spiro atoms. The Morgan fingerprint density at radius 1 is 1.15 bits per heavy atom. The van der Waals surface area contributed by atoms with Gasteiger partial charge in [-0.15, -0.1) is 0 Å². The molecule has 7 heteroatoms. The molecule has 0 radical (unpaired) electrons. The van der Waals surface area contributed by atoms with Crippen LogP contribution in [-0.4, -0.2) is 47.5 Å². The molecule has 0 saturated carbocycles. The van der Waals surface area contributed by atoms with Gasteiger partial charge in [0.2, 0.25) is 0 Å². The molecule has 3 atom stereocenters. The number of ether oxygens (including phenoxy) is 1. The van der Waals surface area contributed by atoms with Crippen molar-refractivity contribution in [1.29, 1.82) is 0 Å². The van der Waals surface area contributed by atoms with Crippen molar-refractivity contribution in [3.05, 3.63) is 30.3 Å². The molecule has 1 saturated heterocycles. The van der Waals surface area contributed by atoms with Crippen LogP contribution in [0, 0.1) is 0 Å². The lowest BCUT2D eigenvalue weighted by molar-refractivity contribution is -0.162. The number of urea groups is 1. The average molecular weight is 375 g/mol. The molecule has 0 aliphatic carbocycles. The maximum absolute atomic E-state index is 12.6. The van der Waals surface area contributed by atoms with Crippen LogP contribution in [0.5, 0.6) is 0 Å². The third kappa shape index (κ3) is 6.27. The Kier molecular flexibility index (Phi) is 7.64. The Labute approximate surface area is 160 Å². The van der Waals surface area contributed by atoms with Crippen molar-refractivity contribution >= 4 is 23.6 Å². The number of nitrogens with zero attached hydrogens (tertiary/aromatic N) is 1. The first-order valence-corrected chi connectivity index (χ1v) is 9.50. The Hall–Kier alpha value is -2.57. The van der Waals surface area contributed by atoms with Crippen LogP contribution in [0.2, 0.25) is 0 Å². The Morgan fingerprint density at radius 3 is 2.41 bits per heavy atom. The first-order chi connectivity index (χ1) is 12.9. The molecule has 1 fully saturated rings. The van der Waals surface area contributed by atoms with Crippen LogP contribution in [0.1, 0.15) is 46.5 Å². The molecule has 0 bridgehead atoms. The maximum Gasteiger partial charge on any atom is 0.319 e. The molecule has 1 aliphatic heterocycles. The smallest absolute Gasteiger partial charge is 0.319 e. The highest BCUT2D eigenvalue weighted by atomic mass is 16.5. The molecule has 2 rings (SSSR count). The summed E-state index contributed by atoms with van der Waals surface area (Å²) < 4.78 is 5.26. The van der Waals surface area contributed by atoms with Gasteiger partial charge in [0.15, 0.2) is 6.10 Å². The Balaban J connectivity index is 1.71. The summed E-state index contributed by atoms with van der Waals surface area (Å²) in [5.41, 5.74) is 0.668. The summed E-state index contributed by atoms with van der Waals surface area (Å²) in [6.07, 6.45) is 2.23. The average Bonchev–Trinajstić information content (AvgIpc) is 2.62. The van der Waals surface area contributed by atoms with E-state index >= 15 is 0 Å². The van der Waals surface area contributed by atoms with Crippen molar-refractivity contribution in [2.75, 3.05) is 11.9 Å². The van der Waals surface area contributed by atoms with Crippen molar-refractivity contribution < 1.29 is 19.1 Å². The quantitative estimate of drug-likeness (QED) is 0.749. The van der Waals surface area contributed by atoms with Crippen LogP contribution in [0.15, 0.2) is 30.3 Å². The summed E-state index contributed by atoms with van der Waals surface area (Å²) in [5, 5.41) is 5.26. The highest BCUT2D eigenvalue weighted by Crippen LogP contribution is 2.23. The van der Waals surface area contributed by atoms with E-state index in [1.165, 1.54) is 0 Å². The first-order valence-electron chi connectivity index (χ1n) is 9.50. The number of rotatable bonds is 6. The van der Waals surface area contributed by atoms with Crippen LogP contribution in [0.25, 0.3) is 0 Å². The van der Waals surface area contributed by atoms with Crippen molar-refractivity contribution in [3.8, 4) is 0 Å². The normalized spacial score (nSPS) is 20.5. The maximum atomic E-state index is 12.6. The molecule has 0 aromatic heterocycles. The summed E-state index contributed by atoms with van der Waals surface area (Å²) in [6.45, 7) is 5.79. The molecule has 0 unspecified atom stereocenters. The number of likely N-dealkylation sites (tertiary alicyclic amines) is 1. The van der Waals surface area contributed by atoms with Crippen LogP contribution in [0.3, 0.4) is 0 Å². The van der Waals surface area contributed by atoms with E-state index in [4.69, 9.17) is 4.74 Å². The topological polar surface area (TPSA) is 87.7 Å². The fraction of sp³-hybridized carbons (Fsp3) is 0.550. The van der Waals surface area contributed by atoms with E-state index in [1.807, 2.05) is 36.9 Å². The third-order valence-electron chi connectivity index (χ3n) is 4.75. The van der Waals surface area contributed by atoms with Gasteiger partial charge in [-0.05, 0) is 52.2 Å². The standard InChI is InChI=1S/C20H29N3O4/c1-14-8-7-9-15(2)23(14)19(25)16(3)27-18(24)12-13-21-20(26)22-17-10-5-4-6-11-17/h4-6,10-11,14-16H,7-9,12-13H2,1-3H3,(H2,21,22,26)/t14-,15-,16+/m1/s1. The van der Waals surface area contributed by atoms with Crippen molar-refractivity contribution in [2.45, 2.75) is 64.6 Å². The second-order valence-electron chi connectivity index (χ2n) is 7.00. The second kappa shape index (κ2) is 9.94. The second-order valence-corrected chi connectivity index (χ2v) is 7.00. The first kappa shape index (κ1) is 20.7. The van der Waals surface area contributed by atoms with Gasteiger partial charge in [0.25, 0.3) is 5.91 Å². The molecule has 1 aromatic rings.